The van der Waals surface area contributed by atoms with Crippen molar-refractivity contribution in [2.45, 2.75) is 30.4 Å². The third kappa shape index (κ3) is 10.1. The number of nitrogens with one attached hydrogen (secondary N) is 1. The molecule has 0 aromatic heterocycles. The monoisotopic (exact) mass is 558 g/mol. The van der Waals surface area contributed by atoms with E-state index in [0.29, 0.717) is 24.8 Å². The first-order valence-electron chi connectivity index (χ1n) is 9.59. The maximum atomic E-state index is 12.2. The van der Waals surface area contributed by atoms with Crippen molar-refractivity contribution in [1.82, 2.24) is 5.32 Å². The van der Waals surface area contributed by atoms with E-state index < -0.39 is 38.6 Å². The molecule has 0 bridgehead atoms. The van der Waals surface area contributed by atoms with Crippen LogP contribution in [0.4, 0.5) is 5.69 Å². The van der Waals surface area contributed by atoms with Crippen LogP contribution in [0.3, 0.4) is 0 Å². The Labute approximate surface area is 224 Å². The molecule has 11 nitrogen and oxygen atoms in total. The molecule has 1 atom stereocenters. The number of nitrogens with two attached hydrogens (primary N) is 1. The van der Waals surface area contributed by atoms with Gasteiger partial charge in [-0.15, -0.1) is 23.2 Å². The molecule has 0 aliphatic heterocycles. The number of hydrogen-bond donors (Lipinski definition) is 7. The number of hydrogen-bond acceptors (Lipinski definition) is 6. The van der Waals surface area contributed by atoms with E-state index in [4.69, 9.17) is 48.5 Å². The molecule has 0 aliphatic carbocycles. The van der Waals surface area contributed by atoms with Gasteiger partial charge < -0.3 is 40.6 Å². The van der Waals surface area contributed by atoms with Crippen LogP contribution < -0.4 is 45.5 Å². The van der Waals surface area contributed by atoms with Crippen molar-refractivity contribution in [3.63, 3.8) is 0 Å². The second-order valence-electron chi connectivity index (χ2n) is 7.10. The number of nitrogens with zero attached hydrogens (tertiary/aromatic N) is 1. The normalized spacial score (nSPS) is 13.2. The number of alkyl halides is 2. The van der Waals surface area contributed by atoms with E-state index in [1.807, 2.05) is 29.2 Å². The number of halogens is 2. The van der Waals surface area contributed by atoms with Crippen LogP contribution >= 0.6 is 38.4 Å². The van der Waals surface area contributed by atoms with E-state index in [-0.39, 0.29) is 48.9 Å². The van der Waals surface area contributed by atoms with Gasteiger partial charge in [0.1, 0.15) is 0 Å². The van der Waals surface area contributed by atoms with Gasteiger partial charge in [-0.1, -0.05) is 12.1 Å². The van der Waals surface area contributed by atoms with Crippen LogP contribution in [0.15, 0.2) is 24.3 Å². The Hall–Kier alpha value is 0.290. The second kappa shape index (κ2) is 14.8. The summed E-state index contributed by atoms with van der Waals surface area (Å²) in [4.78, 5) is 50.6. The Morgan fingerprint density at radius 2 is 1.55 bits per heavy atom. The van der Waals surface area contributed by atoms with Crippen LogP contribution in [-0.4, -0.2) is 73.1 Å². The summed E-state index contributed by atoms with van der Waals surface area (Å²) >= 11 is 11.6. The minimum absolute atomic E-state index is 0. The number of carbonyl (C=O) groups is 1. The zero-order valence-electron chi connectivity index (χ0n) is 18.2. The molecular weight excluding hydrogens is 530 g/mol. The smallest absolute Gasteiger partial charge is 0.369 e. The molecule has 33 heavy (non-hydrogen) atoms. The molecule has 184 valence electrons. The van der Waals surface area contributed by atoms with Crippen LogP contribution in [0.1, 0.15) is 18.4 Å². The summed E-state index contributed by atoms with van der Waals surface area (Å²) in [7, 11) is -11.0. The van der Waals surface area contributed by atoms with Gasteiger partial charge >= 0.3 is 44.7 Å². The minimum Gasteiger partial charge on any atom is -0.369 e. The van der Waals surface area contributed by atoms with Gasteiger partial charge in [-0.2, -0.15) is 0 Å². The van der Waals surface area contributed by atoms with Crippen LogP contribution in [0.25, 0.3) is 0 Å². The fourth-order valence-electron chi connectivity index (χ4n) is 2.89. The van der Waals surface area contributed by atoms with Gasteiger partial charge in [0, 0.05) is 43.5 Å². The van der Waals surface area contributed by atoms with Crippen molar-refractivity contribution in [2.24, 2.45) is 5.73 Å². The molecule has 8 N–H and O–H groups in total. The predicted octanol–water partition coefficient (Wildman–Crippen LogP) is -2.26. The number of aliphatic hydroxyl groups is 1. The Morgan fingerprint density at radius 3 is 1.97 bits per heavy atom. The minimum atomic E-state index is -5.52. The maximum absolute atomic E-state index is 12.2. The summed E-state index contributed by atoms with van der Waals surface area (Å²) in [5, 5.41) is 8.72. The number of benzene rings is 1. The predicted molar refractivity (Wildman–Crippen MR) is 123 cm³/mol. The average molecular weight is 559 g/mol. The maximum Gasteiger partial charge on any atom is 1.00 e. The molecule has 1 unspecified atom stereocenters. The van der Waals surface area contributed by atoms with Crippen molar-refractivity contribution in [1.29, 1.82) is 0 Å². The van der Waals surface area contributed by atoms with E-state index >= 15 is 0 Å². The Kier molecular flexibility index (Phi) is 14.9. The molecule has 16 heteroatoms. The van der Waals surface area contributed by atoms with Gasteiger partial charge in [-0.3, -0.25) is 13.9 Å². The first-order valence-corrected chi connectivity index (χ1v) is 13.9. The van der Waals surface area contributed by atoms with E-state index in [9.17, 15) is 19.0 Å². The molecule has 1 aromatic rings. The van der Waals surface area contributed by atoms with Crippen molar-refractivity contribution in [3.05, 3.63) is 29.8 Å². The molecule has 1 rings (SSSR count). The molecule has 0 heterocycles. The first kappa shape index (κ1) is 33.3. The first-order chi connectivity index (χ1) is 14.8. The fourth-order valence-corrected chi connectivity index (χ4v) is 5.56. The van der Waals surface area contributed by atoms with Crippen LogP contribution in [-0.2, 0) is 20.3 Å². The summed E-state index contributed by atoms with van der Waals surface area (Å²) in [6.45, 7) is 1.07. The van der Waals surface area contributed by atoms with Crippen LogP contribution in [0.2, 0.25) is 0 Å². The molecule has 0 radical (unpaired) electrons. The van der Waals surface area contributed by atoms with Gasteiger partial charge in [-0.25, -0.2) is 0 Å². The van der Waals surface area contributed by atoms with E-state index in [0.717, 1.165) is 11.3 Å². The molecule has 0 saturated carbocycles. The van der Waals surface area contributed by atoms with Gasteiger partial charge in [0.05, 0.1) is 6.04 Å². The molecule has 1 aromatic carbocycles. The van der Waals surface area contributed by atoms with E-state index in [1.54, 1.807) is 0 Å². The van der Waals surface area contributed by atoms with E-state index in [1.165, 1.54) is 0 Å². The number of carbonyl (C=O) groups excluding carboxylic acids is 1. The average Bonchev–Trinajstić information content (AvgIpc) is 2.69. The topological polar surface area (TPSA) is 194 Å². The van der Waals surface area contributed by atoms with Crippen molar-refractivity contribution < 1.29 is 68.2 Å². The van der Waals surface area contributed by atoms with Gasteiger partial charge in [0.15, 0.2) is 0 Å². The molecule has 1 amide bonds. The van der Waals surface area contributed by atoms with Crippen molar-refractivity contribution >= 4 is 50.0 Å². The molecule has 0 aliphatic rings. The van der Waals surface area contributed by atoms with Gasteiger partial charge in [0.2, 0.25) is 5.91 Å². The number of rotatable bonds is 14. The summed E-state index contributed by atoms with van der Waals surface area (Å²) in [6, 6.07) is 6.44. The Morgan fingerprint density at radius 1 is 1.06 bits per heavy atom. The Bertz CT molecular complexity index is 812. The molecule has 0 spiro atoms. The summed E-state index contributed by atoms with van der Waals surface area (Å²) in [6.07, 6.45) is -0.997. The second-order valence-corrected chi connectivity index (χ2v) is 11.9. The van der Waals surface area contributed by atoms with Crippen LogP contribution in [0.5, 0.6) is 0 Å². The van der Waals surface area contributed by atoms with Gasteiger partial charge in [0.25, 0.3) is 5.08 Å². The van der Waals surface area contributed by atoms with Crippen LogP contribution in [0, 0.1) is 0 Å². The zero-order valence-corrected chi connectivity index (χ0v) is 23.5. The largest absolute Gasteiger partial charge is 1.00 e. The zero-order chi connectivity index (χ0) is 24.6. The molecule has 0 saturated heterocycles. The summed E-state index contributed by atoms with van der Waals surface area (Å²) < 4.78 is 22.6. The third-order valence-electron chi connectivity index (χ3n) is 4.72. The summed E-state index contributed by atoms with van der Waals surface area (Å²) in [5.74, 6) is 0.336. The Balaban J connectivity index is 0.0000102. The number of anilines is 1. The van der Waals surface area contributed by atoms with Crippen molar-refractivity contribution in [2.75, 3.05) is 36.3 Å². The number of amides is 1. The molecular formula is C17H29Cl2N3NaO8P2+. The summed E-state index contributed by atoms with van der Waals surface area (Å²) in [5.41, 5.74) is 7.62. The fraction of sp³-hybridized carbons (Fsp3) is 0.588. The quantitative estimate of drug-likeness (QED) is 0.0567. The van der Waals surface area contributed by atoms with Crippen molar-refractivity contribution in [3.8, 4) is 0 Å². The van der Waals surface area contributed by atoms with Gasteiger partial charge in [-0.05, 0) is 30.5 Å². The third-order valence-corrected chi connectivity index (χ3v) is 8.94. The standard InChI is InChI=1S/C17H29Cl2N3O8P2.Na/c18-7-10-22(11-8-19)14-4-2-13(3-5-14)12-15(20)16(23)21-9-1-6-17(24,31(25,26)27)32(28,29)30;/h2-5,15,24H,1,6-12,20H2,(H,21,23)(H2,25,26,27)(H2,28,29,30);/q;+1. The molecule has 0 fully saturated rings. The van der Waals surface area contributed by atoms with E-state index in [2.05, 4.69) is 5.32 Å². The SMILES string of the molecule is NC(Cc1ccc(N(CCCl)CCCl)cc1)C(=O)NCCCC(O)(P(=O)(O)O)P(=O)(O)O.[Na+].